The van der Waals surface area contributed by atoms with Gasteiger partial charge in [-0.05, 0) is 38.0 Å². The van der Waals surface area contributed by atoms with Gasteiger partial charge in [0, 0.05) is 19.5 Å². The van der Waals surface area contributed by atoms with E-state index in [4.69, 9.17) is 4.74 Å². The van der Waals surface area contributed by atoms with E-state index in [0.29, 0.717) is 24.5 Å². The highest BCUT2D eigenvalue weighted by Crippen LogP contribution is 2.31. The highest BCUT2D eigenvalue weighted by molar-refractivity contribution is 7.92. The van der Waals surface area contributed by atoms with Crippen LogP contribution >= 0.6 is 0 Å². The lowest BCUT2D eigenvalue weighted by Gasteiger charge is -2.23. The number of likely N-dealkylation sites (tertiary alicyclic amines) is 1. The first-order chi connectivity index (χ1) is 12.4. The Bertz CT molecular complexity index is 798. The Morgan fingerprint density at radius 1 is 1.23 bits per heavy atom. The number of ether oxygens (including phenoxy) is 1. The summed E-state index contributed by atoms with van der Waals surface area (Å²) in [7, 11) is -3.69. The van der Waals surface area contributed by atoms with Crippen LogP contribution in [0.3, 0.4) is 0 Å². The molecular weight excluding hydrogens is 356 g/mol. The molecule has 2 aliphatic rings. The molecule has 142 valence electrons. The Morgan fingerprint density at radius 3 is 2.62 bits per heavy atom. The van der Waals surface area contributed by atoms with Gasteiger partial charge in [-0.15, -0.1) is 0 Å². The zero-order valence-corrected chi connectivity index (χ0v) is 15.7. The van der Waals surface area contributed by atoms with E-state index in [2.05, 4.69) is 5.32 Å². The predicted molar refractivity (Wildman–Crippen MR) is 96.9 cm³/mol. The molecule has 8 heteroatoms. The molecule has 3 rings (SSSR count). The van der Waals surface area contributed by atoms with Gasteiger partial charge in [-0.3, -0.25) is 9.59 Å². The molecule has 1 fully saturated rings. The van der Waals surface area contributed by atoms with Gasteiger partial charge in [0.2, 0.25) is 5.91 Å². The number of amides is 2. The quantitative estimate of drug-likeness (QED) is 0.862. The van der Waals surface area contributed by atoms with Gasteiger partial charge in [-0.2, -0.15) is 0 Å². The zero-order valence-electron chi connectivity index (χ0n) is 14.9. The molecule has 1 saturated heterocycles. The van der Waals surface area contributed by atoms with E-state index in [1.807, 2.05) is 0 Å². The minimum Gasteiger partial charge on any atom is -0.482 e. The molecule has 0 aliphatic carbocycles. The third-order valence-corrected chi connectivity index (χ3v) is 7.00. The number of nitrogens with one attached hydrogen (secondary N) is 1. The van der Waals surface area contributed by atoms with E-state index in [1.165, 1.54) is 18.2 Å². The highest BCUT2D eigenvalue weighted by atomic mass is 32.2. The molecule has 2 amide bonds. The summed E-state index contributed by atoms with van der Waals surface area (Å²) in [6, 6.07) is 4.39. The fourth-order valence-corrected chi connectivity index (χ4v) is 4.64. The summed E-state index contributed by atoms with van der Waals surface area (Å²) in [4.78, 5) is 25.8. The molecule has 1 aromatic rings. The molecule has 0 saturated carbocycles. The van der Waals surface area contributed by atoms with Crippen molar-refractivity contribution >= 4 is 27.3 Å². The maximum Gasteiger partial charge on any atom is 0.262 e. The average molecular weight is 380 g/mol. The Labute approximate surface area is 153 Å². The van der Waals surface area contributed by atoms with E-state index in [0.717, 1.165) is 25.7 Å². The standard InChI is InChI=1S/C18H24N2O5S/c1-13(10-18(22)20-8-4-2-3-5-9-20)26(23,24)14-6-7-16-15(11-14)19-17(21)12-25-16/h6-7,11,13H,2-5,8-10,12H2,1H3,(H,19,21)/t13-/m1/s1. The van der Waals surface area contributed by atoms with Crippen LogP contribution in [-0.4, -0.2) is 50.1 Å². The number of rotatable bonds is 4. The number of fused-ring (bicyclic) bond motifs is 1. The average Bonchev–Trinajstić information content (AvgIpc) is 2.90. The molecule has 0 radical (unpaired) electrons. The first-order valence-electron chi connectivity index (χ1n) is 8.96. The summed E-state index contributed by atoms with van der Waals surface area (Å²) in [6.45, 7) is 2.88. The number of carbonyl (C=O) groups is 2. The van der Waals surface area contributed by atoms with Crippen molar-refractivity contribution in [2.75, 3.05) is 25.0 Å². The maximum atomic E-state index is 12.9. The molecule has 0 spiro atoms. The Morgan fingerprint density at radius 2 is 1.92 bits per heavy atom. The second-order valence-electron chi connectivity index (χ2n) is 6.85. The molecule has 2 aliphatic heterocycles. The summed E-state index contributed by atoms with van der Waals surface area (Å²) in [5.74, 6) is 0.00542. The zero-order chi connectivity index (χ0) is 18.7. The number of hydrogen-bond acceptors (Lipinski definition) is 5. The van der Waals surface area contributed by atoms with Crippen LogP contribution in [0.1, 0.15) is 39.0 Å². The Kier molecular flexibility index (Phi) is 5.50. The fraction of sp³-hybridized carbons (Fsp3) is 0.556. The van der Waals surface area contributed by atoms with Crippen molar-refractivity contribution in [1.82, 2.24) is 4.90 Å². The van der Waals surface area contributed by atoms with Crippen LogP contribution < -0.4 is 10.1 Å². The minimum absolute atomic E-state index is 0.0394. The number of benzene rings is 1. The molecule has 1 atom stereocenters. The lowest BCUT2D eigenvalue weighted by molar-refractivity contribution is -0.131. The Hall–Kier alpha value is -2.09. The highest BCUT2D eigenvalue weighted by Gasteiger charge is 2.29. The monoisotopic (exact) mass is 380 g/mol. The number of nitrogens with zero attached hydrogens (tertiary/aromatic N) is 1. The number of hydrogen-bond donors (Lipinski definition) is 1. The SMILES string of the molecule is C[C@H](CC(=O)N1CCCCCC1)S(=O)(=O)c1ccc2c(c1)NC(=O)CO2. The van der Waals surface area contributed by atoms with E-state index in [-0.39, 0.29) is 29.7 Å². The molecule has 0 aromatic heterocycles. The third kappa shape index (κ3) is 4.00. The normalized spacial score (nSPS) is 19.0. The van der Waals surface area contributed by atoms with Gasteiger partial charge in [-0.1, -0.05) is 12.8 Å². The van der Waals surface area contributed by atoms with E-state index in [9.17, 15) is 18.0 Å². The lowest BCUT2D eigenvalue weighted by atomic mass is 10.2. The molecule has 0 bridgehead atoms. The molecule has 1 aromatic carbocycles. The smallest absolute Gasteiger partial charge is 0.262 e. The predicted octanol–water partition coefficient (Wildman–Crippen LogP) is 1.97. The molecule has 2 heterocycles. The van der Waals surface area contributed by atoms with Crippen LogP contribution in [0.4, 0.5) is 5.69 Å². The fourth-order valence-electron chi connectivity index (χ4n) is 3.28. The van der Waals surface area contributed by atoms with Gasteiger partial charge in [0.05, 0.1) is 15.8 Å². The van der Waals surface area contributed by atoms with Gasteiger partial charge in [0.1, 0.15) is 5.75 Å². The van der Waals surface area contributed by atoms with Crippen molar-refractivity contribution in [2.24, 2.45) is 0 Å². The first-order valence-corrected chi connectivity index (χ1v) is 10.5. The van der Waals surface area contributed by atoms with Gasteiger partial charge in [-0.25, -0.2) is 8.42 Å². The number of carbonyl (C=O) groups excluding carboxylic acids is 2. The summed E-state index contributed by atoms with van der Waals surface area (Å²) < 4.78 is 31.0. The van der Waals surface area contributed by atoms with Crippen molar-refractivity contribution < 1.29 is 22.7 Å². The van der Waals surface area contributed by atoms with Crippen molar-refractivity contribution in [3.63, 3.8) is 0 Å². The second kappa shape index (κ2) is 7.65. The minimum atomic E-state index is -3.69. The van der Waals surface area contributed by atoms with E-state index >= 15 is 0 Å². The van der Waals surface area contributed by atoms with Gasteiger partial charge in [0.15, 0.2) is 16.4 Å². The summed E-state index contributed by atoms with van der Waals surface area (Å²) in [5.41, 5.74) is 0.341. The van der Waals surface area contributed by atoms with Gasteiger partial charge >= 0.3 is 0 Å². The topological polar surface area (TPSA) is 92.8 Å². The molecule has 7 nitrogen and oxygen atoms in total. The number of anilines is 1. The summed E-state index contributed by atoms with van der Waals surface area (Å²) in [6.07, 6.45) is 4.12. The maximum absolute atomic E-state index is 12.9. The molecule has 0 unspecified atom stereocenters. The van der Waals surface area contributed by atoms with Crippen LogP contribution in [0.25, 0.3) is 0 Å². The van der Waals surface area contributed by atoms with Crippen molar-refractivity contribution in [2.45, 2.75) is 49.2 Å². The largest absolute Gasteiger partial charge is 0.482 e. The number of sulfone groups is 1. The van der Waals surface area contributed by atoms with E-state index < -0.39 is 15.1 Å². The van der Waals surface area contributed by atoms with Crippen LogP contribution in [0, 0.1) is 0 Å². The molecule has 26 heavy (non-hydrogen) atoms. The summed E-state index contributed by atoms with van der Waals surface area (Å²) >= 11 is 0. The van der Waals surface area contributed by atoms with Crippen molar-refractivity contribution in [3.8, 4) is 5.75 Å². The van der Waals surface area contributed by atoms with E-state index in [1.54, 1.807) is 11.8 Å². The van der Waals surface area contributed by atoms with Crippen LogP contribution in [-0.2, 0) is 19.4 Å². The summed E-state index contributed by atoms with van der Waals surface area (Å²) in [5, 5.41) is 1.77. The molecular formula is C18H24N2O5S. The van der Waals surface area contributed by atoms with Crippen molar-refractivity contribution in [1.29, 1.82) is 0 Å². The van der Waals surface area contributed by atoms with Gasteiger partial charge in [0.25, 0.3) is 5.91 Å². The first kappa shape index (κ1) is 18.7. The molecule has 1 N–H and O–H groups in total. The Balaban J connectivity index is 1.73. The van der Waals surface area contributed by atoms with Crippen LogP contribution in [0.15, 0.2) is 23.1 Å². The second-order valence-corrected chi connectivity index (χ2v) is 9.22. The van der Waals surface area contributed by atoms with Crippen molar-refractivity contribution in [3.05, 3.63) is 18.2 Å². The van der Waals surface area contributed by atoms with Crippen LogP contribution in [0.5, 0.6) is 5.75 Å². The third-order valence-electron chi connectivity index (χ3n) is 4.86. The van der Waals surface area contributed by atoms with Crippen LogP contribution in [0.2, 0.25) is 0 Å². The lowest BCUT2D eigenvalue weighted by Crippen LogP contribution is -2.35. The van der Waals surface area contributed by atoms with Gasteiger partial charge < -0.3 is 15.0 Å².